The topological polar surface area (TPSA) is 67.8 Å². The van der Waals surface area contributed by atoms with Crippen LogP contribution in [0.5, 0.6) is 5.75 Å². The van der Waals surface area contributed by atoms with Gasteiger partial charge in [-0.3, -0.25) is 9.59 Å². The molecule has 0 aliphatic carbocycles. The molecule has 7 heteroatoms. The van der Waals surface area contributed by atoms with Gasteiger partial charge in [-0.2, -0.15) is 4.99 Å². The molecule has 1 N–H and O–H groups in total. The molecule has 0 bridgehead atoms. The number of terminal acetylenes is 1. The lowest BCUT2D eigenvalue weighted by molar-refractivity contribution is -0.117. The van der Waals surface area contributed by atoms with Gasteiger partial charge in [-0.15, -0.1) is 6.42 Å². The molecule has 0 aromatic heterocycles. The van der Waals surface area contributed by atoms with E-state index in [1.54, 1.807) is 18.2 Å². The van der Waals surface area contributed by atoms with Crippen LogP contribution in [0.25, 0.3) is 6.08 Å². The van der Waals surface area contributed by atoms with E-state index in [0.717, 1.165) is 21.8 Å². The van der Waals surface area contributed by atoms with E-state index in [1.165, 1.54) is 6.92 Å². The third-order valence-corrected chi connectivity index (χ3v) is 3.99. The van der Waals surface area contributed by atoms with Crippen LogP contribution in [0, 0.1) is 12.3 Å². The molecule has 22 heavy (non-hydrogen) atoms. The Bertz CT molecular complexity index is 735. The van der Waals surface area contributed by atoms with Gasteiger partial charge < -0.3 is 10.1 Å². The number of aliphatic imine (C=N–C) groups is 1. The second-order valence-electron chi connectivity index (χ2n) is 4.20. The summed E-state index contributed by atoms with van der Waals surface area (Å²) in [5.41, 5.74) is 0.801. The normalized spacial score (nSPS) is 15.4. The van der Waals surface area contributed by atoms with Crippen molar-refractivity contribution >= 4 is 50.7 Å². The summed E-state index contributed by atoms with van der Waals surface area (Å²) in [4.78, 5) is 27.0. The molecule has 2 rings (SSSR count). The summed E-state index contributed by atoms with van der Waals surface area (Å²) in [5, 5.41) is 2.78. The third-order valence-electron chi connectivity index (χ3n) is 2.47. The summed E-state index contributed by atoms with van der Waals surface area (Å²) in [6.45, 7) is 1.54. The molecule has 0 saturated heterocycles. The first-order valence-electron chi connectivity index (χ1n) is 6.15. The highest BCUT2D eigenvalue weighted by Gasteiger charge is 2.22. The van der Waals surface area contributed by atoms with Crippen molar-refractivity contribution in [1.29, 1.82) is 0 Å². The van der Waals surface area contributed by atoms with E-state index < -0.39 is 0 Å². The zero-order valence-corrected chi connectivity index (χ0v) is 14.0. The minimum atomic E-state index is -0.377. The molecule has 1 heterocycles. The predicted octanol–water partition coefficient (Wildman–Crippen LogP) is 2.57. The van der Waals surface area contributed by atoms with Gasteiger partial charge in [-0.05, 0) is 51.5 Å². The van der Waals surface area contributed by atoms with Crippen molar-refractivity contribution in [3.63, 3.8) is 0 Å². The maximum Gasteiger partial charge on any atom is 0.286 e. The van der Waals surface area contributed by atoms with E-state index in [4.69, 9.17) is 11.2 Å². The van der Waals surface area contributed by atoms with Crippen LogP contribution < -0.4 is 10.1 Å². The monoisotopic (exact) mass is 378 g/mol. The van der Waals surface area contributed by atoms with Crippen LogP contribution in [0.15, 0.2) is 32.6 Å². The Balaban J connectivity index is 2.14. The van der Waals surface area contributed by atoms with Gasteiger partial charge >= 0.3 is 0 Å². The minimum absolute atomic E-state index is 0.182. The molecule has 1 aromatic carbocycles. The lowest BCUT2D eigenvalue weighted by atomic mass is 10.2. The largest absolute Gasteiger partial charge is 0.480 e. The second-order valence-corrected chi connectivity index (χ2v) is 6.08. The number of hydrogen-bond donors (Lipinski definition) is 1. The second kappa shape index (κ2) is 7.29. The number of ether oxygens (including phenoxy) is 1. The fourth-order valence-electron chi connectivity index (χ4n) is 1.61. The van der Waals surface area contributed by atoms with E-state index in [0.29, 0.717) is 10.7 Å². The Morgan fingerprint density at radius 3 is 3.00 bits per heavy atom. The number of carbonyl (C=O) groups is 2. The number of nitrogens with zero attached hydrogens (tertiary/aromatic N) is 1. The third kappa shape index (κ3) is 4.23. The smallest absolute Gasteiger partial charge is 0.286 e. The van der Waals surface area contributed by atoms with E-state index >= 15 is 0 Å². The number of amidine groups is 1. The molecule has 0 unspecified atom stereocenters. The van der Waals surface area contributed by atoms with Crippen molar-refractivity contribution in [3.8, 4) is 18.1 Å². The van der Waals surface area contributed by atoms with Gasteiger partial charge in [0.05, 0.1) is 9.38 Å². The van der Waals surface area contributed by atoms with Gasteiger partial charge in [0.15, 0.2) is 5.17 Å². The zero-order chi connectivity index (χ0) is 16.1. The summed E-state index contributed by atoms with van der Waals surface area (Å²) in [7, 11) is 0. The molecule has 1 aliphatic rings. The summed E-state index contributed by atoms with van der Waals surface area (Å²) in [6.07, 6.45) is 6.84. The number of hydrogen-bond acceptors (Lipinski definition) is 4. The minimum Gasteiger partial charge on any atom is -0.480 e. The van der Waals surface area contributed by atoms with E-state index in [-0.39, 0.29) is 23.6 Å². The highest BCUT2D eigenvalue weighted by molar-refractivity contribution is 9.10. The average molecular weight is 379 g/mol. The average Bonchev–Trinajstić information content (AvgIpc) is 2.77. The first kappa shape index (κ1) is 16.3. The Morgan fingerprint density at radius 2 is 2.36 bits per heavy atom. The van der Waals surface area contributed by atoms with E-state index in [1.807, 2.05) is 6.07 Å². The molecule has 1 aliphatic heterocycles. The van der Waals surface area contributed by atoms with Crippen molar-refractivity contribution in [1.82, 2.24) is 5.32 Å². The van der Waals surface area contributed by atoms with Crippen LogP contribution in [0.1, 0.15) is 12.5 Å². The molecule has 0 radical (unpaired) electrons. The van der Waals surface area contributed by atoms with Crippen LogP contribution >= 0.6 is 27.7 Å². The molecule has 5 nitrogen and oxygen atoms in total. The first-order chi connectivity index (χ1) is 10.5. The maximum atomic E-state index is 11.8. The first-order valence-corrected chi connectivity index (χ1v) is 7.76. The number of thioether (sulfide) groups is 1. The van der Waals surface area contributed by atoms with Gasteiger partial charge in [-0.1, -0.05) is 12.0 Å². The number of benzene rings is 1. The lowest BCUT2D eigenvalue weighted by Crippen LogP contribution is -2.23. The van der Waals surface area contributed by atoms with E-state index in [9.17, 15) is 9.59 Å². The quantitative estimate of drug-likeness (QED) is 0.648. The highest BCUT2D eigenvalue weighted by Crippen LogP contribution is 2.30. The molecule has 112 valence electrons. The summed E-state index contributed by atoms with van der Waals surface area (Å²) < 4.78 is 6.08. The molecule has 0 fully saturated rings. The molecule has 0 atom stereocenters. The summed E-state index contributed by atoms with van der Waals surface area (Å²) in [5.74, 6) is 2.37. The number of rotatable bonds is 3. The fourth-order valence-corrected chi connectivity index (χ4v) is 2.98. The lowest BCUT2D eigenvalue weighted by Gasteiger charge is -2.06. The Hall–Kier alpha value is -2.04. The van der Waals surface area contributed by atoms with Crippen LogP contribution in [0.4, 0.5) is 0 Å². The predicted molar refractivity (Wildman–Crippen MR) is 90.3 cm³/mol. The van der Waals surface area contributed by atoms with Gasteiger partial charge in [0.25, 0.3) is 5.91 Å². The highest BCUT2D eigenvalue weighted by atomic mass is 79.9. The Kier molecular flexibility index (Phi) is 5.41. The van der Waals surface area contributed by atoms with Crippen LogP contribution in [-0.4, -0.2) is 23.6 Å². The van der Waals surface area contributed by atoms with Crippen molar-refractivity contribution in [2.45, 2.75) is 6.92 Å². The van der Waals surface area contributed by atoms with Gasteiger partial charge in [0.1, 0.15) is 12.4 Å². The van der Waals surface area contributed by atoms with Crippen LogP contribution in [0.3, 0.4) is 0 Å². The number of carbonyl (C=O) groups excluding carboxylic acids is 2. The van der Waals surface area contributed by atoms with Crippen molar-refractivity contribution in [2.75, 3.05) is 6.61 Å². The van der Waals surface area contributed by atoms with Crippen molar-refractivity contribution in [2.24, 2.45) is 4.99 Å². The fraction of sp³-hybridized carbons (Fsp3) is 0.133. The summed E-state index contributed by atoms with van der Waals surface area (Å²) >= 11 is 4.51. The maximum absolute atomic E-state index is 11.8. The molecule has 0 saturated carbocycles. The SMILES string of the molecule is C#CCOc1ccc(C=C2SC(NC(C)=O)=NC2=O)cc1Br. The van der Waals surface area contributed by atoms with Gasteiger partial charge in [0.2, 0.25) is 5.91 Å². The zero-order valence-electron chi connectivity index (χ0n) is 11.6. The molecule has 1 aromatic rings. The Labute approximate surface area is 140 Å². The Morgan fingerprint density at radius 1 is 1.59 bits per heavy atom. The van der Waals surface area contributed by atoms with Gasteiger partial charge in [0, 0.05) is 6.92 Å². The molecule has 2 amide bonds. The van der Waals surface area contributed by atoms with E-state index in [2.05, 4.69) is 32.2 Å². The van der Waals surface area contributed by atoms with Crippen LogP contribution in [0.2, 0.25) is 0 Å². The van der Waals surface area contributed by atoms with Crippen LogP contribution in [-0.2, 0) is 9.59 Å². The molecular weight excluding hydrogens is 368 g/mol. The van der Waals surface area contributed by atoms with Gasteiger partial charge in [-0.25, -0.2) is 0 Å². The van der Waals surface area contributed by atoms with Crippen molar-refractivity contribution in [3.05, 3.63) is 33.1 Å². The number of amides is 2. The summed E-state index contributed by atoms with van der Waals surface area (Å²) in [6, 6.07) is 5.37. The molecular formula is C15H11BrN2O3S. The number of nitrogens with one attached hydrogen (secondary N) is 1. The molecule has 0 spiro atoms. The number of halogens is 1. The van der Waals surface area contributed by atoms with Crippen molar-refractivity contribution < 1.29 is 14.3 Å². The standard InChI is InChI=1S/C15H11BrN2O3S/c1-3-6-21-12-5-4-10(7-11(12)16)8-13-14(20)18-15(22-13)17-9(2)19/h1,4-5,7-8H,6H2,2H3,(H,17,18,19,20).